The molecule has 1 rings (SSSR count). The van der Waals surface area contributed by atoms with Crippen LogP contribution < -0.4 is 5.32 Å². The van der Waals surface area contributed by atoms with Gasteiger partial charge in [0.15, 0.2) is 0 Å². The summed E-state index contributed by atoms with van der Waals surface area (Å²) in [6.07, 6.45) is 34.4. The molecule has 41 heavy (non-hydrogen) atoms. The Hall–Kier alpha value is -2.77. The summed E-state index contributed by atoms with van der Waals surface area (Å²) in [5.41, 5.74) is -0.620. The van der Waals surface area contributed by atoms with Crippen molar-refractivity contribution < 1.29 is 14.3 Å². The predicted molar refractivity (Wildman–Crippen MR) is 178 cm³/mol. The molecule has 0 spiro atoms. The molecule has 1 aromatic rings. The lowest BCUT2D eigenvalue weighted by atomic mass is 10.2. The molecular formula is C34H48N2O3S2. The van der Waals surface area contributed by atoms with Gasteiger partial charge in [0.1, 0.15) is 16.7 Å². The zero-order valence-corrected chi connectivity index (χ0v) is 26.8. The van der Waals surface area contributed by atoms with Crippen LogP contribution in [0.4, 0.5) is 0 Å². The molecule has 7 heteroatoms. The summed E-state index contributed by atoms with van der Waals surface area (Å²) in [6, 6.07) is 4.96. The summed E-state index contributed by atoms with van der Waals surface area (Å²) in [4.78, 5) is 29.5. The molecular weight excluding hydrogens is 549 g/mol. The minimum Gasteiger partial charge on any atom is -0.458 e. The van der Waals surface area contributed by atoms with E-state index in [-0.39, 0.29) is 5.91 Å². The first kappa shape index (κ1) is 36.3. The maximum Gasteiger partial charge on any atom is 0.330 e. The van der Waals surface area contributed by atoms with Gasteiger partial charge in [-0.05, 0) is 88.6 Å². The summed E-state index contributed by atoms with van der Waals surface area (Å²) in [5, 5.41) is 3.70. The quantitative estimate of drug-likeness (QED) is 0.0920. The van der Waals surface area contributed by atoms with Crippen molar-refractivity contribution in [1.82, 2.24) is 10.3 Å². The molecule has 0 fully saturated rings. The van der Waals surface area contributed by atoms with Crippen LogP contribution in [-0.2, 0) is 14.3 Å². The Balaban J connectivity index is 2.26. The Morgan fingerprint density at radius 3 is 1.88 bits per heavy atom. The van der Waals surface area contributed by atoms with E-state index >= 15 is 0 Å². The summed E-state index contributed by atoms with van der Waals surface area (Å²) in [7, 11) is 2.94. The van der Waals surface area contributed by atoms with Gasteiger partial charge in [-0.2, -0.15) is 0 Å². The fourth-order valence-electron chi connectivity index (χ4n) is 3.22. The Labute approximate surface area is 256 Å². The first-order valence-electron chi connectivity index (χ1n) is 14.4. The molecule has 1 unspecified atom stereocenters. The molecule has 224 valence electrons. The maximum absolute atomic E-state index is 12.7. The van der Waals surface area contributed by atoms with Crippen LogP contribution >= 0.6 is 21.6 Å². The first-order valence-corrected chi connectivity index (χ1v) is 16.8. The van der Waals surface area contributed by atoms with Crippen molar-refractivity contribution in [2.24, 2.45) is 0 Å². The number of carbonyl (C=O) groups excluding carboxylic acids is 2. The molecule has 0 radical (unpaired) electrons. The third-order valence-electron chi connectivity index (χ3n) is 5.18. The summed E-state index contributed by atoms with van der Waals surface area (Å²) >= 11 is 0. The van der Waals surface area contributed by atoms with Crippen molar-refractivity contribution >= 4 is 33.5 Å². The molecule has 1 amide bonds. The van der Waals surface area contributed by atoms with Crippen molar-refractivity contribution in [3.05, 3.63) is 97.3 Å². The monoisotopic (exact) mass is 596 g/mol. The highest BCUT2D eigenvalue weighted by Gasteiger charge is 2.26. The van der Waals surface area contributed by atoms with Gasteiger partial charge < -0.3 is 10.1 Å². The summed E-state index contributed by atoms with van der Waals surface area (Å²) in [6.45, 7) is 7.61. The number of carbonyl (C=O) groups is 2. The molecule has 1 aromatic heterocycles. The zero-order chi connectivity index (χ0) is 30.0. The lowest BCUT2D eigenvalue weighted by molar-refractivity contribution is -0.157. The molecule has 1 heterocycles. The summed E-state index contributed by atoms with van der Waals surface area (Å²) in [5.74, 6) is -0.195. The van der Waals surface area contributed by atoms with Crippen LogP contribution in [0.5, 0.6) is 0 Å². The van der Waals surface area contributed by atoms with Crippen molar-refractivity contribution in [2.75, 3.05) is 5.75 Å². The fourth-order valence-corrected chi connectivity index (χ4v) is 5.27. The number of pyridine rings is 1. The van der Waals surface area contributed by atoms with E-state index in [1.807, 2.05) is 45.0 Å². The Morgan fingerprint density at radius 2 is 1.39 bits per heavy atom. The third-order valence-corrected chi connectivity index (χ3v) is 7.45. The predicted octanol–water partition coefficient (Wildman–Crippen LogP) is 9.13. The largest absolute Gasteiger partial charge is 0.458 e. The SMILES string of the molecule is CC/C=C\C/C=C\C/C=C\C/C=C\C/C=C\C/C=C\CCC(=O)NC(CSSc1ccccn1)C(=O)OC(C)(C)C. The standard InChI is InChI=1S/C34H48N2O3S2/c1-5-6-7-8-9-10-11-12-13-14-15-16-17-18-19-20-21-22-23-26-31(37)36-30(33(38)39-34(2,3)4)29-40-41-32-27-24-25-28-35-32/h6-7,9-10,12-13,15-16,18-19,21-22,24-25,27-28,30H,5,8,11,14,17,20,23,26,29H2,1-4H3,(H,36,37)/b7-6-,10-9-,13-12-,16-15-,19-18-,22-21-. The average molecular weight is 597 g/mol. The number of allylic oxidation sites excluding steroid dienone is 12. The van der Waals surface area contributed by atoms with Gasteiger partial charge in [-0.1, -0.05) is 96.7 Å². The van der Waals surface area contributed by atoms with Crippen molar-refractivity contribution in [2.45, 2.75) is 95.7 Å². The summed E-state index contributed by atoms with van der Waals surface area (Å²) < 4.78 is 5.52. The van der Waals surface area contributed by atoms with Crippen LogP contribution in [0.25, 0.3) is 0 Å². The van der Waals surface area contributed by atoms with Gasteiger partial charge in [0.05, 0.1) is 0 Å². The third kappa shape index (κ3) is 22.6. The van der Waals surface area contributed by atoms with Crippen molar-refractivity contribution in [3.8, 4) is 0 Å². The van der Waals surface area contributed by atoms with Crippen LogP contribution in [0, 0.1) is 0 Å². The number of hydrogen-bond acceptors (Lipinski definition) is 6. The van der Waals surface area contributed by atoms with E-state index in [1.54, 1.807) is 6.20 Å². The first-order chi connectivity index (χ1) is 19.8. The lowest BCUT2D eigenvalue weighted by Crippen LogP contribution is -2.45. The Kier molecular flexibility index (Phi) is 21.1. The van der Waals surface area contributed by atoms with E-state index in [2.05, 4.69) is 84.1 Å². The number of hydrogen-bond donors (Lipinski definition) is 1. The highest BCUT2D eigenvalue weighted by molar-refractivity contribution is 8.76. The number of ether oxygens (including phenoxy) is 1. The minimum absolute atomic E-state index is 0.163. The highest BCUT2D eigenvalue weighted by atomic mass is 33.1. The van der Waals surface area contributed by atoms with Gasteiger partial charge in [-0.3, -0.25) is 4.79 Å². The van der Waals surface area contributed by atoms with Crippen LogP contribution in [0.3, 0.4) is 0 Å². The number of amides is 1. The van der Waals surface area contributed by atoms with E-state index in [0.717, 1.165) is 43.6 Å². The fraction of sp³-hybridized carbons (Fsp3) is 0.441. The zero-order valence-electron chi connectivity index (χ0n) is 25.2. The average Bonchev–Trinajstić information content (AvgIpc) is 2.93. The second-order valence-corrected chi connectivity index (χ2v) is 12.5. The Morgan fingerprint density at radius 1 is 0.854 bits per heavy atom. The lowest BCUT2D eigenvalue weighted by Gasteiger charge is -2.24. The number of rotatable bonds is 20. The second-order valence-electron chi connectivity index (χ2n) is 10.1. The van der Waals surface area contributed by atoms with Gasteiger partial charge in [0.25, 0.3) is 0 Å². The molecule has 0 saturated heterocycles. The van der Waals surface area contributed by atoms with Gasteiger partial charge in [-0.25, -0.2) is 9.78 Å². The molecule has 0 aromatic carbocycles. The molecule has 0 saturated carbocycles. The van der Waals surface area contributed by atoms with E-state index in [4.69, 9.17) is 4.74 Å². The maximum atomic E-state index is 12.7. The Bertz CT molecular complexity index is 1020. The van der Waals surface area contributed by atoms with Crippen LogP contribution in [-0.4, -0.2) is 34.3 Å². The van der Waals surface area contributed by atoms with Gasteiger partial charge in [-0.15, -0.1) is 0 Å². The van der Waals surface area contributed by atoms with Crippen LogP contribution in [0.15, 0.2) is 102 Å². The molecule has 1 N–H and O–H groups in total. The van der Waals surface area contributed by atoms with Gasteiger partial charge >= 0.3 is 5.97 Å². The number of aromatic nitrogens is 1. The van der Waals surface area contributed by atoms with Gasteiger partial charge in [0.2, 0.25) is 5.91 Å². The molecule has 5 nitrogen and oxygen atoms in total. The molecule has 1 atom stereocenters. The van der Waals surface area contributed by atoms with Crippen LogP contribution in [0.2, 0.25) is 0 Å². The van der Waals surface area contributed by atoms with Crippen molar-refractivity contribution in [3.63, 3.8) is 0 Å². The van der Waals surface area contributed by atoms with E-state index in [1.165, 1.54) is 21.6 Å². The highest BCUT2D eigenvalue weighted by Crippen LogP contribution is 2.29. The molecule has 0 aliphatic heterocycles. The number of nitrogens with zero attached hydrogens (tertiary/aromatic N) is 1. The minimum atomic E-state index is -0.715. The second kappa shape index (κ2) is 23.9. The van der Waals surface area contributed by atoms with Gasteiger partial charge in [0, 0.05) is 18.4 Å². The number of esters is 1. The topological polar surface area (TPSA) is 68.3 Å². The van der Waals surface area contributed by atoms with E-state index in [9.17, 15) is 9.59 Å². The smallest absolute Gasteiger partial charge is 0.330 e. The molecule has 0 aliphatic carbocycles. The van der Waals surface area contributed by atoms with E-state index < -0.39 is 17.6 Å². The molecule has 0 bridgehead atoms. The normalized spacial score (nSPS) is 13.5. The molecule has 0 aliphatic rings. The van der Waals surface area contributed by atoms with E-state index in [0.29, 0.717) is 18.6 Å². The van der Waals surface area contributed by atoms with Crippen LogP contribution in [0.1, 0.15) is 79.1 Å². The van der Waals surface area contributed by atoms with Crippen molar-refractivity contribution in [1.29, 1.82) is 0 Å². The number of nitrogens with one attached hydrogen (secondary N) is 1.